The first-order valence-corrected chi connectivity index (χ1v) is 14.9. The number of nitrogens with zero attached hydrogens (tertiary/aromatic N) is 5. The second-order valence-electron chi connectivity index (χ2n) is 11.8. The van der Waals surface area contributed by atoms with Crippen molar-refractivity contribution >= 4 is 27.5 Å². The van der Waals surface area contributed by atoms with Crippen LogP contribution < -0.4 is 15.0 Å². The van der Waals surface area contributed by atoms with Crippen LogP contribution in [0.4, 0.5) is 14.6 Å². The smallest absolute Gasteiger partial charge is 0.319 e. The normalized spacial score (nSPS) is 19.8. The van der Waals surface area contributed by atoms with E-state index in [2.05, 4.69) is 27.2 Å². The molecule has 3 saturated heterocycles. The zero-order valence-electron chi connectivity index (χ0n) is 23.9. The average Bonchev–Trinajstić information content (AvgIpc) is 3.61. The summed E-state index contributed by atoms with van der Waals surface area (Å²) < 4.78 is 39.2. The summed E-state index contributed by atoms with van der Waals surface area (Å²) in [7, 11) is 0. The molecule has 1 atom stereocenters. The summed E-state index contributed by atoms with van der Waals surface area (Å²) in [5.74, 6) is 1.56. The average molecular weight is 579 g/mol. The summed E-state index contributed by atoms with van der Waals surface area (Å²) in [5, 5.41) is 14.3. The number of aromatic nitrogens is 2. The van der Waals surface area contributed by atoms with Crippen LogP contribution in [0.1, 0.15) is 37.7 Å². The number of halogens is 2. The Morgan fingerprint density at radius 2 is 1.88 bits per heavy atom. The van der Waals surface area contributed by atoms with E-state index in [1.165, 1.54) is 6.07 Å². The van der Waals surface area contributed by atoms with Crippen molar-refractivity contribution in [3.63, 3.8) is 0 Å². The largest absolute Gasteiger partial charge is 0.461 e. The topological polar surface area (TPSA) is 77.3 Å². The Kier molecular flexibility index (Phi) is 7.09. The van der Waals surface area contributed by atoms with Crippen LogP contribution in [0, 0.1) is 35.3 Å². The summed E-state index contributed by atoms with van der Waals surface area (Å²) in [4.78, 5) is 13.8. The Morgan fingerprint density at radius 1 is 1.09 bits per heavy atom. The molecule has 43 heavy (non-hydrogen) atoms. The molecule has 3 aliphatic heterocycles. The predicted octanol–water partition coefficient (Wildman–Crippen LogP) is 5.41. The minimum absolute atomic E-state index is 0.00541. The molecule has 0 unspecified atom stereocenters. The lowest BCUT2D eigenvalue weighted by Crippen LogP contribution is -2.51. The summed E-state index contributed by atoms with van der Waals surface area (Å²) in [6.07, 6.45) is 10.4. The molecule has 7 rings (SSSR count). The highest BCUT2D eigenvalue weighted by atomic mass is 19.1. The van der Waals surface area contributed by atoms with E-state index in [-0.39, 0.29) is 34.1 Å². The molecule has 3 aromatic carbocycles. The van der Waals surface area contributed by atoms with E-state index in [9.17, 15) is 5.26 Å². The zero-order chi connectivity index (χ0) is 29.6. The van der Waals surface area contributed by atoms with Gasteiger partial charge in [-0.25, -0.2) is 8.78 Å². The highest BCUT2D eigenvalue weighted by Gasteiger charge is 2.45. The molecule has 1 aromatic heterocycles. The van der Waals surface area contributed by atoms with Gasteiger partial charge in [0.05, 0.1) is 23.6 Å². The second kappa shape index (κ2) is 11.1. The van der Waals surface area contributed by atoms with Gasteiger partial charge in [0.2, 0.25) is 0 Å². The number of benzene rings is 3. The summed E-state index contributed by atoms with van der Waals surface area (Å²) in [6.45, 7) is 4.16. The third-order valence-electron chi connectivity index (χ3n) is 9.35. The molecule has 7 nitrogen and oxygen atoms in total. The first kappa shape index (κ1) is 27.5. The van der Waals surface area contributed by atoms with Gasteiger partial charge in [-0.1, -0.05) is 36.3 Å². The minimum atomic E-state index is -0.784. The molecule has 4 aromatic rings. The molecule has 9 heteroatoms. The van der Waals surface area contributed by atoms with Crippen LogP contribution in [0.25, 0.3) is 32.8 Å². The SMILES string of the molecule is C#Cc1cccc2cccc(-c3c(F)cc4c(N5CCN[C@@H](CC#N)C5)nc(OCC56CCCN5CCC6)nc4c3F)c12. The number of fused-ring (bicyclic) bond motifs is 3. The number of piperazine rings is 1. The molecule has 0 radical (unpaired) electrons. The van der Waals surface area contributed by atoms with E-state index in [4.69, 9.17) is 16.1 Å². The number of hydrogen-bond donors (Lipinski definition) is 1. The van der Waals surface area contributed by atoms with Gasteiger partial charge in [0, 0.05) is 42.0 Å². The second-order valence-corrected chi connectivity index (χ2v) is 11.8. The van der Waals surface area contributed by atoms with Gasteiger partial charge < -0.3 is 15.0 Å². The predicted molar refractivity (Wildman–Crippen MR) is 163 cm³/mol. The van der Waals surface area contributed by atoms with Gasteiger partial charge in [-0.3, -0.25) is 4.90 Å². The van der Waals surface area contributed by atoms with Crippen molar-refractivity contribution < 1.29 is 13.5 Å². The van der Waals surface area contributed by atoms with Crippen LogP contribution >= 0.6 is 0 Å². The van der Waals surface area contributed by atoms with Crippen LogP contribution in [-0.4, -0.2) is 65.8 Å². The molecule has 0 amide bonds. The van der Waals surface area contributed by atoms with Crippen molar-refractivity contribution in [1.29, 1.82) is 5.26 Å². The third kappa shape index (κ3) is 4.74. The van der Waals surface area contributed by atoms with Gasteiger partial charge in [0.15, 0.2) is 5.82 Å². The van der Waals surface area contributed by atoms with Crippen molar-refractivity contribution in [2.24, 2.45) is 0 Å². The van der Waals surface area contributed by atoms with E-state index in [0.717, 1.165) is 44.2 Å². The van der Waals surface area contributed by atoms with Crippen molar-refractivity contribution in [3.05, 3.63) is 59.7 Å². The maximum atomic E-state index is 16.7. The van der Waals surface area contributed by atoms with Crippen molar-refractivity contribution in [2.75, 3.05) is 44.2 Å². The number of rotatable bonds is 6. The lowest BCUT2D eigenvalue weighted by atomic mass is 9.93. The van der Waals surface area contributed by atoms with Crippen LogP contribution in [0.2, 0.25) is 0 Å². The fraction of sp³-hybridized carbons (Fsp3) is 0.382. The van der Waals surface area contributed by atoms with Crippen molar-refractivity contribution in [3.8, 4) is 35.6 Å². The van der Waals surface area contributed by atoms with Crippen molar-refractivity contribution in [2.45, 2.75) is 43.7 Å². The number of nitriles is 1. The fourth-order valence-corrected chi connectivity index (χ4v) is 7.31. The zero-order valence-corrected chi connectivity index (χ0v) is 23.9. The van der Waals surface area contributed by atoms with Gasteiger partial charge >= 0.3 is 6.01 Å². The van der Waals surface area contributed by atoms with Gasteiger partial charge in [-0.15, -0.1) is 6.42 Å². The Bertz CT molecular complexity index is 1800. The van der Waals surface area contributed by atoms with Crippen molar-refractivity contribution in [1.82, 2.24) is 20.2 Å². The molecule has 3 fully saturated rings. The van der Waals surface area contributed by atoms with Crippen LogP contribution in [-0.2, 0) is 0 Å². The first-order valence-electron chi connectivity index (χ1n) is 14.9. The Morgan fingerprint density at radius 3 is 2.65 bits per heavy atom. The van der Waals surface area contributed by atoms with Gasteiger partial charge in [-0.2, -0.15) is 15.2 Å². The molecule has 218 valence electrons. The Labute approximate surface area is 249 Å². The van der Waals surface area contributed by atoms with Crippen LogP contribution in [0.5, 0.6) is 6.01 Å². The molecule has 0 bridgehead atoms. The number of terminal acetylenes is 1. The first-order chi connectivity index (χ1) is 21.0. The van der Waals surface area contributed by atoms with E-state index in [1.807, 2.05) is 23.1 Å². The maximum absolute atomic E-state index is 16.7. The maximum Gasteiger partial charge on any atom is 0.319 e. The number of nitrogens with one attached hydrogen (secondary N) is 1. The number of anilines is 1. The number of ether oxygens (including phenoxy) is 1. The third-order valence-corrected chi connectivity index (χ3v) is 9.35. The lowest BCUT2D eigenvalue weighted by molar-refractivity contribution is 0.108. The Hall–Kier alpha value is -4.31. The van der Waals surface area contributed by atoms with E-state index < -0.39 is 11.6 Å². The highest BCUT2D eigenvalue weighted by Crippen LogP contribution is 2.41. The summed E-state index contributed by atoms with van der Waals surface area (Å²) in [6, 6.07) is 14.3. The molecule has 0 aliphatic carbocycles. The fourth-order valence-electron chi connectivity index (χ4n) is 7.31. The van der Waals surface area contributed by atoms with Gasteiger partial charge in [-0.05, 0) is 61.9 Å². The Balaban J connectivity index is 1.38. The van der Waals surface area contributed by atoms with Gasteiger partial charge in [0.25, 0.3) is 0 Å². The molecule has 3 aliphatic rings. The molecule has 0 spiro atoms. The number of hydrogen-bond acceptors (Lipinski definition) is 7. The highest BCUT2D eigenvalue weighted by molar-refractivity contribution is 6.03. The minimum Gasteiger partial charge on any atom is -0.461 e. The molecular weight excluding hydrogens is 546 g/mol. The molecular formula is C34H32F2N6O. The quantitative estimate of drug-likeness (QED) is 0.307. The van der Waals surface area contributed by atoms with Gasteiger partial charge in [0.1, 0.15) is 23.8 Å². The van der Waals surface area contributed by atoms with Crippen LogP contribution in [0.3, 0.4) is 0 Å². The monoisotopic (exact) mass is 578 g/mol. The molecule has 0 saturated carbocycles. The summed E-state index contributed by atoms with van der Waals surface area (Å²) in [5.41, 5.74) is 0.686. The summed E-state index contributed by atoms with van der Waals surface area (Å²) >= 11 is 0. The van der Waals surface area contributed by atoms with E-state index >= 15 is 8.78 Å². The standard InChI is InChI=1S/C34H32F2N6O/c1-2-22-7-3-8-23-9-4-10-25(28(22)23)29-27(35)19-26-31(30(29)36)39-33(43-21-34-12-5-16-42(34)17-6-13-34)40-32(26)41-18-15-38-24(20-41)11-14-37/h1,3-4,7-10,19,24,38H,5-6,11-13,15-18,20-21H2/t24-/m0/s1. The molecule has 4 heterocycles. The van der Waals surface area contributed by atoms with Crippen LogP contribution in [0.15, 0.2) is 42.5 Å². The molecule has 1 N–H and O–H groups in total. The lowest BCUT2D eigenvalue weighted by Gasteiger charge is -2.34. The van der Waals surface area contributed by atoms with E-state index in [0.29, 0.717) is 55.0 Å². The van der Waals surface area contributed by atoms with E-state index in [1.54, 1.807) is 18.2 Å².